The van der Waals surface area contributed by atoms with E-state index in [1.165, 1.54) is 18.3 Å². The van der Waals surface area contributed by atoms with Gasteiger partial charge >= 0.3 is 0 Å². The summed E-state index contributed by atoms with van der Waals surface area (Å²) >= 11 is 0. The molecule has 0 saturated carbocycles. The van der Waals surface area contributed by atoms with Gasteiger partial charge in [0.2, 0.25) is 0 Å². The molecule has 1 fully saturated rings. The molecule has 2 N–H and O–H groups in total. The Labute approximate surface area is 144 Å². The number of nitrogens with one attached hydrogen (secondary N) is 2. The number of aromatic nitrogens is 3. The fourth-order valence-corrected chi connectivity index (χ4v) is 2.80. The lowest BCUT2D eigenvalue weighted by molar-refractivity contribution is 0.0677. The average molecular weight is 341 g/mol. The van der Waals surface area contributed by atoms with Crippen LogP contribution in [0.1, 0.15) is 33.7 Å². The van der Waals surface area contributed by atoms with Crippen LogP contribution in [0.2, 0.25) is 0 Å². The van der Waals surface area contributed by atoms with E-state index >= 15 is 0 Å². The van der Waals surface area contributed by atoms with E-state index in [-0.39, 0.29) is 23.1 Å². The number of pyridine rings is 1. The molecule has 0 spiro atoms. The minimum Gasteiger partial charge on any atom is -0.352 e. The zero-order valence-electron chi connectivity index (χ0n) is 13.6. The van der Waals surface area contributed by atoms with Crippen LogP contribution in [0.15, 0.2) is 41.5 Å². The van der Waals surface area contributed by atoms with Gasteiger partial charge in [-0.2, -0.15) is 5.10 Å². The average Bonchev–Trinajstić information content (AvgIpc) is 2.67. The summed E-state index contributed by atoms with van der Waals surface area (Å²) in [5, 5.41) is 8.96. The minimum absolute atomic E-state index is 0.135. The first kappa shape index (κ1) is 16.8. The largest absolute Gasteiger partial charge is 0.352 e. The van der Waals surface area contributed by atoms with Crippen molar-refractivity contribution in [1.82, 2.24) is 25.4 Å². The summed E-state index contributed by atoms with van der Waals surface area (Å²) in [4.78, 5) is 41.0. The van der Waals surface area contributed by atoms with E-state index in [0.29, 0.717) is 31.1 Å². The molecule has 1 aliphatic heterocycles. The Bertz CT molecular complexity index is 777. The third-order valence-electron chi connectivity index (χ3n) is 4.28. The Morgan fingerprint density at radius 3 is 2.68 bits per heavy atom. The van der Waals surface area contributed by atoms with Crippen LogP contribution in [-0.4, -0.2) is 51.5 Å². The van der Waals surface area contributed by atoms with Crippen LogP contribution in [0.4, 0.5) is 0 Å². The zero-order valence-corrected chi connectivity index (χ0v) is 13.6. The fourth-order valence-electron chi connectivity index (χ4n) is 2.80. The standard InChI is InChI=1S/C17H19N5O3/c23-15-4-3-14(20-21-15)17(25)22-8-5-12(6-9-22)10-19-16(24)13-2-1-7-18-11-13/h1-4,7,11-12H,5-6,8-10H2,(H,19,24)(H,21,23). The van der Waals surface area contributed by atoms with Gasteiger partial charge in [0.15, 0.2) is 0 Å². The summed E-state index contributed by atoms with van der Waals surface area (Å²) in [5.41, 5.74) is 0.446. The first-order chi connectivity index (χ1) is 12.1. The van der Waals surface area contributed by atoms with Gasteiger partial charge in [0.05, 0.1) is 5.56 Å². The lowest BCUT2D eigenvalue weighted by Gasteiger charge is -2.31. The van der Waals surface area contributed by atoms with E-state index in [0.717, 1.165) is 12.8 Å². The monoisotopic (exact) mass is 341 g/mol. The van der Waals surface area contributed by atoms with Crippen LogP contribution in [-0.2, 0) is 0 Å². The molecule has 8 heteroatoms. The maximum absolute atomic E-state index is 12.3. The van der Waals surface area contributed by atoms with Gasteiger partial charge in [-0.15, -0.1) is 0 Å². The number of hydrogen-bond acceptors (Lipinski definition) is 5. The molecule has 1 saturated heterocycles. The van der Waals surface area contributed by atoms with E-state index in [2.05, 4.69) is 20.5 Å². The number of carbonyl (C=O) groups is 2. The molecule has 1 aliphatic rings. The first-order valence-electron chi connectivity index (χ1n) is 8.17. The minimum atomic E-state index is -0.334. The lowest BCUT2D eigenvalue weighted by atomic mass is 9.96. The lowest BCUT2D eigenvalue weighted by Crippen LogP contribution is -2.42. The number of rotatable bonds is 4. The van der Waals surface area contributed by atoms with Crippen LogP contribution in [0.25, 0.3) is 0 Å². The van der Waals surface area contributed by atoms with Gasteiger partial charge in [0.1, 0.15) is 5.69 Å². The van der Waals surface area contributed by atoms with Crippen molar-refractivity contribution >= 4 is 11.8 Å². The van der Waals surface area contributed by atoms with Gasteiger partial charge in [-0.25, -0.2) is 5.10 Å². The number of hydrogen-bond donors (Lipinski definition) is 2. The van der Waals surface area contributed by atoms with Crippen molar-refractivity contribution in [2.45, 2.75) is 12.8 Å². The number of H-pyrrole nitrogens is 1. The van der Waals surface area contributed by atoms with Gasteiger partial charge in [-0.1, -0.05) is 0 Å². The second kappa shape index (κ2) is 7.69. The number of piperidine rings is 1. The second-order valence-corrected chi connectivity index (χ2v) is 5.99. The van der Waals surface area contributed by atoms with Crippen molar-refractivity contribution in [3.63, 3.8) is 0 Å². The molecule has 0 radical (unpaired) electrons. The highest BCUT2D eigenvalue weighted by molar-refractivity contribution is 5.93. The van der Waals surface area contributed by atoms with Gasteiger partial charge in [-0.3, -0.25) is 19.4 Å². The summed E-state index contributed by atoms with van der Waals surface area (Å²) in [6.07, 6.45) is 4.78. The molecule has 25 heavy (non-hydrogen) atoms. The molecule has 8 nitrogen and oxygen atoms in total. The summed E-state index contributed by atoms with van der Waals surface area (Å²) < 4.78 is 0. The normalized spacial score (nSPS) is 15.0. The van der Waals surface area contributed by atoms with E-state index in [9.17, 15) is 14.4 Å². The van der Waals surface area contributed by atoms with Gasteiger partial charge < -0.3 is 10.2 Å². The zero-order chi connectivity index (χ0) is 17.6. The van der Waals surface area contributed by atoms with E-state index in [4.69, 9.17) is 0 Å². The highest BCUT2D eigenvalue weighted by Gasteiger charge is 2.24. The first-order valence-corrected chi connectivity index (χ1v) is 8.17. The van der Waals surface area contributed by atoms with Crippen molar-refractivity contribution in [3.05, 3.63) is 58.3 Å². The van der Waals surface area contributed by atoms with Crippen LogP contribution in [0.3, 0.4) is 0 Å². The Balaban J connectivity index is 1.47. The Kier molecular flexibility index (Phi) is 5.17. The van der Waals surface area contributed by atoms with Crippen LogP contribution in [0.5, 0.6) is 0 Å². The predicted molar refractivity (Wildman–Crippen MR) is 90.1 cm³/mol. The molecule has 0 aromatic carbocycles. The molecular weight excluding hydrogens is 322 g/mol. The van der Waals surface area contributed by atoms with E-state index in [1.54, 1.807) is 23.2 Å². The molecular formula is C17H19N5O3. The van der Waals surface area contributed by atoms with Gasteiger partial charge in [0.25, 0.3) is 17.4 Å². The van der Waals surface area contributed by atoms with E-state index < -0.39 is 0 Å². The molecule has 2 aromatic rings. The quantitative estimate of drug-likeness (QED) is 0.839. The van der Waals surface area contributed by atoms with E-state index in [1.807, 2.05) is 0 Å². The summed E-state index contributed by atoms with van der Waals surface area (Å²) in [5.74, 6) is 0.00588. The Morgan fingerprint density at radius 1 is 1.24 bits per heavy atom. The highest BCUT2D eigenvalue weighted by Crippen LogP contribution is 2.18. The van der Waals surface area contributed by atoms with Crippen LogP contribution < -0.4 is 10.9 Å². The molecule has 0 aliphatic carbocycles. The fraction of sp³-hybridized carbons (Fsp3) is 0.353. The summed E-state index contributed by atoms with van der Waals surface area (Å²) in [6.45, 7) is 1.78. The van der Waals surface area contributed by atoms with Gasteiger partial charge in [0, 0.05) is 38.1 Å². The number of aromatic amines is 1. The second-order valence-electron chi connectivity index (χ2n) is 5.99. The molecule has 2 amide bonds. The number of amides is 2. The van der Waals surface area contributed by atoms with Crippen LogP contribution in [0, 0.1) is 5.92 Å². The molecule has 130 valence electrons. The third-order valence-corrected chi connectivity index (χ3v) is 4.28. The van der Waals surface area contributed by atoms with Crippen molar-refractivity contribution in [2.24, 2.45) is 5.92 Å². The highest BCUT2D eigenvalue weighted by atomic mass is 16.2. The van der Waals surface area contributed by atoms with Crippen molar-refractivity contribution in [2.75, 3.05) is 19.6 Å². The maximum Gasteiger partial charge on any atom is 0.274 e. The SMILES string of the molecule is O=C(NCC1CCN(C(=O)c2ccc(=O)[nH]n2)CC1)c1cccnc1. The maximum atomic E-state index is 12.3. The molecule has 0 unspecified atom stereocenters. The topological polar surface area (TPSA) is 108 Å². The third kappa shape index (κ3) is 4.28. The Morgan fingerprint density at radius 2 is 2.04 bits per heavy atom. The summed E-state index contributed by atoms with van der Waals surface area (Å²) in [6, 6.07) is 6.17. The number of carbonyl (C=O) groups excluding carboxylic acids is 2. The van der Waals surface area contributed by atoms with Crippen LogP contribution >= 0.6 is 0 Å². The Hall–Kier alpha value is -3.03. The van der Waals surface area contributed by atoms with Crippen molar-refractivity contribution in [1.29, 1.82) is 0 Å². The number of nitrogens with zero attached hydrogens (tertiary/aromatic N) is 3. The summed E-state index contributed by atoms with van der Waals surface area (Å²) in [7, 11) is 0. The number of likely N-dealkylation sites (tertiary alicyclic amines) is 1. The van der Waals surface area contributed by atoms with Gasteiger partial charge in [-0.05, 0) is 37.0 Å². The molecule has 3 heterocycles. The van der Waals surface area contributed by atoms with Crippen molar-refractivity contribution in [3.8, 4) is 0 Å². The smallest absolute Gasteiger partial charge is 0.274 e. The predicted octanol–water partition coefficient (Wildman–Crippen LogP) is 0.447. The molecule has 0 atom stereocenters. The van der Waals surface area contributed by atoms with Crippen molar-refractivity contribution < 1.29 is 9.59 Å². The molecule has 3 rings (SSSR count). The molecule has 0 bridgehead atoms. The molecule has 2 aromatic heterocycles.